The SMILES string of the molecule is O=[N+]([O-])c1ccc(S(=O)(=O)O)c2c1Sc1c([N+](=O)[O-])ccc(S(=O)(=O)O)c1O2. The molecule has 0 bridgehead atoms. The molecule has 0 unspecified atom stereocenters. The topological polar surface area (TPSA) is 204 Å². The number of hydrogen-bond acceptors (Lipinski definition) is 10. The monoisotopic (exact) mass is 450 g/mol. The Bertz CT molecular complexity index is 1170. The molecule has 1 heterocycles. The van der Waals surface area contributed by atoms with Crippen molar-refractivity contribution in [2.24, 2.45) is 0 Å². The normalized spacial score (nSPS) is 13.2. The Kier molecular flexibility index (Phi) is 4.55. The molecule has 2 aromatic rings. The van der Waals surface area contributed by atoms with E-state index in [0.29, 0.717) is 23.9 Å². The molecule has 2 aromatic carbocycles. The van der Waals surface area contributed by atoms with E-state index in [1.54, 1.807) is 0 Å². The van der Waals surface area contributed by atoms with Crippen LogP contribution in [0.25, 0.3) is 0 Å². The summed E-state index contributed by atoms with van der Waals surface area (Å²) in [4.78, 5) is 17.8. The standard InChI is InChI=1S/C12H6N2O11S3/c15-13(16)5-1-3-7(27(19,20)21)9-11(5)26-12-6(14(17)18)2-4-8(10(12)25-9)28(22,23)24/h1-4H,(H,19,20,21)(H,22,23,24). The molecular weight excluding hydrogens is 444 g/mol. The van der Waals surface area contributed by atoms with Crippen molar-refractivity contribution in [3.05, 3.63) is 44.5 Å². The molecule has 0 atom stereocenters. The molecule has 148 valence electrons. The molecule has 13 nitrogen and oxygen atoms in total. The van der Waals surface area contributed by atoms with Crippen LogP contribution in [-0.4, -0.2) is 35.8 Å². The average molecular weight is 450 g/mol. The van der Waals surface area contributed by atoms with Crippen LogP contribution in [0.4, 0.5) is 11.4 Å². The molecule has 0 aromatic heterocycles. The third kappa shape index (κ3) is 3.27. The molecule has 0 saturated heterocycles. The Morgan fingerprint density at radius 2 is 1.14 bits per heavy atom. The summed E-state index contributed by atoms with van der Waals surface area (Å²) in [5.41, 5.74) is -1.41. The summed E-state index contributed by atoms with van der Waals surface area (Å²) in [6, 6.07) is 2.79. The van der Waals surface area contributed by atoms with Crippen molar-refractivity contribution < 1.29 is 40.5 Å². The highest BCUT2D eigenvalue weighted by molar-refractivity contribution is 8.00. The second kappa shape index (κ2) is 6.38. The fraction of sp³-hybridized carbons (Fsp3) is 0. The molecule has 0 radical (unpaired) electrons. The predicted octanol–water partition coefficient (Wildman–Crippen LogP) is 2.25. The zero-order valence-corrected chi connectivity index (χ0v) is 15.4. The smallest absolute Gasteiger partial charge is 0.298 e. The van der Waals surface area contributed by atoms with Gasteiger partial charge in [0.1, 0.15) is 19.6 Å². The maximum Gasteiger partial charge on any atom is 0.298 e. The highest BCUT2D eigenvalue weighted by atomic mass is 32.2. The van der Waals surface area contributed by atoms with Crippen molar-refractivity contribution in [2.45, 2.75) is 19.6 Å². The van der Waals surface area contributed by atoms with Crippen molar-refractivity contribution in [3.8, 4) is 11.5 Å². The first-order chi connectivity index (χ1) is 12.8. The largest absolute Gasteiger partial charge is 0.451 e. The molecule has 1 aliphatic heterocycles. The van der Waals surface area contributed by atoms with Crippen molar-refractivity contribution in [1.29, 1.82) is 0 Å². The summed E-state index contributed by atoms with van der Waals surface area (Å²) < 4.78 is 70.1. The Hall–Kier alpha value is -2.79. The van der Waals surface area contributed by atoms with E-state index >= 15 is 0 Å². The van der Waals surface area contributed by atoms with Crippen LogP contribution in [0.2, 0.25) is 0 Å². The minimum atomic E-state index is -4.97. The summed E-state index contributed by atoms with van der Waals surface area (Å²) in [6.07, 6.45) is 0. The van der Waals surface area contributed by atoms with Crippen LogP contribution in [0.1, 0.15) is 0 Å². The van der Waals surface area contributed by atoms with Crippen LogP contribution in [0.15, 0.2) is 43.8 Å². The number of ether oxygens (including phenoxy) is 1. The lowest BCUT2D eigenvalue weighted by atomic mass is 10.2. The van der Waals surface area contributed by atoms with Gasteiger partial charge in [0.25, 0.3) is 31.6 Å². The van der Waals surface area contributed by atoms with Crippen LogP contribution in [0.5, 0.6) is 11.5 Å². The molecule has 3 rings (SSSR count). The number of nitrogens with zero attached hydrogens (tertiary/aromatic N) is 2. The van der Waals surface area contributed by atoms with Crippen molar-refractivity contribution in [3.63, 3.8) is 0 Å². The second-order valence-electron chi connectivity index (χ2n) is 5.15. The molecule has 28 heavy (non-hydrogen) atoms. The van der Waals surface area contributed by atoms with E-state index in [1.807, 2.05) is 0 Å². The molecular formula is C12H6N2O11S3. The molecule has 0 aliphatic carbocycles. The Morgan fingerprint density at radius 3 is 1.43 bits per heavy atom. The Balaban J connectivity index is 2.42. The fourth-order valence-corrected chi connectivity index (χ4v) is 4.91. The Morgan fingerprint density at radius 1 is 0.786 bits per heavy atom. The lowest BCUT2D eigenvalue weighted by Gasteiger charge is -2.22. The Labute approximate surface area is 159 Å². The minimum Gasteiger partial charge on any atom is -0.451 e. The quantitative estimate of drug-likeness (QED) is 0.333. The van der Waals surface area contributed by atoms with E-state index in [0.717, 1.165) is 12.1 Å². The van der Waals surface area contributed by atoms with Gasteiger partial charge in [-0.25, -0.2) is 0 Å². The average Bonchev–Trinajstić information content (AvgIpc) is 2.55. The van der Waals surface area contributed by atoms with Crippen molar-refractivity contribution in [2.75, 3.05) is 0 Å². The van der Waals surface area contributed by atoms with Gasteiger partial charge in [-0.05, 0) is 12.1 Å². The second-order valence-corrected chi connectivity index (χ2v) is 8.95. The van der Waals surface area contributed by atoms with E-state index in [1.165, 1.54) is 0 Å². The van der Waals surface area contributed by atoms with Gasteiger partial charge in [0.15, 0.2) is 11.5 Å². The number of benzene rings is 2. The summed E-state index contributed by atoms with van der Waals surface area (Å²) in [6.45, 7) is 0. The predicted molar refractivity (Wildman–Crippen MR) is 90.0 cm³/mol. The maximum absolute atomic E-state index is 11.6. The fourth-order valence-electron chi connectivity index (χ4n) is 2.36. The first-order valence-corrected chi connectivity index (χ1v) is 10.5. The lowest BCUT2D eigenvalue weighted by molar-refractivity contribution is -0.388. The molecule has 1 aliphatic rings. The first-order valence-electron chi connectivity index (χ1n) is 6.76. The number of nitro benzene ring substituents is 2. The third-order valence-electron chi connectivity index (χ3n) is 3.47. The van der Waals surface area contributed by atoms with Gasteiger partial charge in [0, 0.05) is 12.1 Å². The maximum atomic E-state index is 11.6. The van der Waals surface area contributed by atoms with Crippen LogP contribution >= 0.6 is 11.8 Å². The zero-order chi connectivity index (χ0) is 21.0. The highest BCUT2D eigenvalue weighted by Gasteiger charge is 2.38. The molecule has 16 heteroatoms. The summed E-state index contributed by atoms with van der Waals surface area (Å²) in [5, 5.41) is 22.5. The van der Waals surface area contributed by atoms with Gasteiger partial charge in [0.05, 0.1) is 9.85 Å². The third-order valence-corrected chi connectivity index (χ3v) is 6.42. The minimum absolute atomic E-state index is 0.294. The number of nitro groups is 2. The summed E-state index contributed by atoms with van der Waals surface area (Å²) in [7, 11) is -9.94. The van der Waals surface area contributed by atoms with Crippen LogP contribution in [0.3, 0.4) is 0 Å². The number of rotatable bonds is 4. The lowest BCUT2D eigenvalue weighted by Crippen LogP contribution is -2.10. The van der Waals surface area contributed by atoms with Gasteiger partial charge in [0.2, 0.25) is 0 Å². The zero-order valence-electron chi connectivity index (χ0n) is 13.0. The first kappa shape index (κ1) is 20.0. The van der Waals surface area contributed by atoms with Gasteiger partial charge in [-0.1, -0.05) is 11.8 Å². The number of hydrogen-bond donors (Lipinski definition) is 2. The van der Waals surface area contributed by atoms with Crippen molar-refractivity contribution in [1.82, 2.24) is 0 Å². The van der Waals surface area contributed by atoms with Gasteiger partial charge in [-0.15, -0.1) is 0 Å². The van der Waals surface area contributed by atoms with E-state index in [2.05, 4.69) is 0 Å². The van der Waals surface area contributed by atoms with Crippen LogP contribution in [-0.2, 0) is 20.2 Å². The van der Waals surface area contributed by atoms with Gasteiger partial charge < -0.3 is 4.74 Å². The van der Waals surface area contributed by atoms with E-state index in [9.17, 15) is 46.2 Å². The van der Waals surface area contributed by atoms with Crippen LogP contribution in [0, 0.1) is 20.2 Å². The van der Waals surface area contributed by atoms with E-state index < -0.39 is 72.5 Å². The molecule has 0 spiro atoms. The van der Waals surface area contributed by atoms with E-state index in [4.69, 9.17) is 4.74 Å². The summed E-state index contributed by atoms with van der Waals surface area (Å²) >= 11 is 0.294. The van der Waals surface area contributed by atoms with Crippen molar-refractivity contribution >= 4 is 43.4 Å². The van der Waals surface area contributed by atoms with Gasteiger partial charge in [-0.2, -0.15) is 16.8 Å². The number of fused-ring (bicyclic) bond motifs is 2. The van der Waals surface area contributed by atoms with Gasteiger partial charge in [-0.3, -0.25) is 29.3 Å². The highest BCUT2D eigenvalue weighted by Crippen LogP contribution is 2.57. The van der Waals surface area contributed by atoms with Crippen LogP contribution < -0.4 is 4.74 Å². The molecule has 0 amide bonds. The molecule has 2 N–H and O–H groups in total. The summed E-state index contributed by atoms with van der Waals surface area (Å²) in [5.74, 6) is -1.61. The molecule has 0 fully saturated rings. The molecule has 0 saturated carbocycles. The van der Waals surface area contributed by atoms with E-state index in [-0.39, 0.29) is 0 Å². The van der Waals surface area contributed by atoms with Gasteiger partial charge >= 0.3 is 0 Å².